The van der Waals surface area contributed by atoms with Gasteiger partial charge in [-0.05, 0) is 19.2 Å². The molecule has 15 heavy (non-hydrogen) atoms. The molecule has 2 rings (SSSR count). The van der Waals surface area contributed by atoms with Crippen LogP contribution in [0.1, 0.15) is 14.5 Å². The molecule has 4 heteroatoms. The number of carbonyl (C=O) groups excluding carboxylic acids is 1. The number of hydrogen-bond donors (Lipinski definition) is 0. The lowest BCUT2D eigenvalue weighted by molar-refractivity contribution is 0.112. The van der Waals surface area contributed by atoms with E-state index in [9.17, 15) is 4.79 Å². The standard InChI is InChI=1S/C11H16N2OS/c1-12-4-6-13(7-5-12)8-10-2-3-11(9-14)15-10/h2-3,9H,4-8H2,1H3. The predicted octanol–water partition coefficient (Wildman–Crippen LogP) is 1.31. The number of hydrogen-bond acceptors (Lipinski definition) is 4. The summed E-state index contributed by atoms with van der Waals surface area (Å²) in [6.45, 7) is 5.54. The third-order valence-electron chi connectivity index (χ3n) is 2.77. The second-order valence-electron chi connectivity index (χ2n) is 4.00. The Bertz CT molecular complexity index is 329. The van der Waals surface area contributed by atoms with Gasteiger partial charge in [0.25, 0.3) is 0 Å². The minimum atomic E-state index is 0.833. The first-order chi connectivity index (χ1) is 7.28. The van der Waals surface area contributed by atoms with Gasteiger partial charge in [0.1, 0.15) is 0 Å². The van der Waals surface area contributed by atoms with Crippen LogP contribution >= 0.6 is 11.3 Å². The molecule has 0 aliphatic carbocycles. The molecule has 0 aromatic carbocycles. The van der Waals surface area contributed by atoms with Gasteiger partial charge in [-0.3, -0.25) is 9.69 Å². The molecule has 2 heterocycles. The van der Waals surface area contributed by atoms with Gasteiger partial charge < -0.3 is 4.90 Å². The van der Waals surface area contributed by atoms with Crippen LogP contribution in [-0.4, -0.2) is 49.3 Å². The van der Waals surface area contributed by atoms with E-state index in [4.69, 9.17) is 0 Å². The van der Waals surface area contributed by atoms with E-state index in [0.29, 0.717) is 0 Å². The molecule has 1 saturated heterocycles. The van der Waals surface area contributed by atoms with Crippen LogP contribution in [-0.2, 0) is 6.54 Å². The Labute approximate surface area is 94.3 Å². The maximum atomic E-state index is 10.5. The average Bonchev–Trinajstić information content (AvgIpc) is 2.69. The van der Waals surface area contributed by atoms with Gasteiger partial charge in [0.05, 0.1) is 4.88 Å². The van der Waals surface area contributed by atoms with Gasteiger partial charge in [0.15, 0.2) is 6.29 Å². The molecular weight excluding hydrogens is 208 g/mol. The van der Waals surface area contributed by atoms with Crippen LogP contribution in [0.25, 0.3) is 0 Å². The van der Waals surface area contributed by atoms with Gasteiger partial charge in [0, 0.05) is 37.6 Å². The zero-order valence-electron chi connectivity index (χ0n) is 8.98. The molecule has 0 amide bonds. The third kappa shape index (κ3) is 2.87. The normalized spacial score (nSPS) is 19.3. The number of nitrogens with zero attached hydrogens (tertiary/aromatic N) is 2. The van der Waals surface area contributed by atoms with E-state index in [1.165, 1.54) is 4.88 Å². The molecule has 3 nitrogen and oxygen atoms in total. The fourth-order valence-corrected chi connectivity index (χ4v) is 2.64. The van der Waals surface area contributed by atoms with Crippen molar-refractivity contribution in [2.75, 3.05) is 33.2 Å². The molecule has 82 valence electrons. The summed E-state index contributed by atoms with van der Waals surface area (Å²) in [5.74, 6) is 0. The fraction of sp³-hybridized carbons (Fsp3) is 0.545. The summed E-state index contributed by atoms with van der Waals surface area (Å²) in [5, 5.41) is 0. The molecule has 1 aromatic rings. The molecule has 0 radical (unpaired) electrons. The molecule has 0 saturated carbocycles. The zero-order chi connectivity index (χ0) is 10.7. The summed E-state index contributed by atoms with van der Waals surface area (Å²) in [4.78, 5) is 17.5. The van der Waals surface area contributed by atoms with E-state index in [1.807, 2.05) is 6.07 Å². The monoisotopic (exact) mass is 224 g/mol. The Hall–Kier alpha value is -0.710. The van der Waals surface area contributed by atoms with Crippen LogP contribution in [0.15, 0.2) is 12.1 Å². The quantitative estimate of drug-likeness (QED) is 0.723. The lowest BCUT2D eigenvalue weighted by atomic mass is 10.3. The van der Waals surface area contributed by atoms with Crippen molar-refractivity contribution in [1.29, 1.82) is 0 Å². The van der Waals surface area contributed by atoms with E-state index in [1.54, 1.807) is 11.3 Å². The highest BCUT2D eigenvalue weighted by molar-refractivity contribution is 7.13. The van der Waals surface area contributed by atoms with Crippen LogP contribution in [0, 0.1) is 0 Å². The van der Waals surface area contributed by atoms with Gasteiger partial charge >= 0.3 is 0 Å². The summed E-state index contributed by atoms with van der Waals surface area (Å²) in [5.41, 5.74) is 0. The maximum Gasteiger partial charge on any atom is 0.160 e. The first-order valence-corrected chi connectivity index (χ1v) is 6.04. The van der Waals surface area contributed by atoms with Crippen LogP contribution in [0.2, 0.25) is 0 Å². The van der Waals surface area contributed by atoms with Crippen molar-refractivity contribution < 1.29 is 4.79 Å². The maximum absolute atomic E-state index is 10.5. The summed E-state index contributed by atoms with van der Waals surface area (Å²) in [7, 11) is 2.16. The Kier molecular flexibility index (Phi) is 3.51. The summed E-state index contributed by atoms with van der Waals surface area (Å²) >= 11 is 1.60. The number of rotatable bonds is 3. The van der Waals surface area contributed by atoms with E-state index >= 15 is 0 Å². The van der Waals surface area contributed by atoms with Crippen LogP contribution in [0.4, 0.5) is 0 Å². The number of piperazine rings is 1. The molecule has 0 N–H and O–H groups in total. The molecule has 1 aliphatic rings. The van der Waals surface area contributed by atoms with E-state index in [-0.39, 0.29) is 0 Å². The van der Waals surface area contributed by atoms with Crippen LogP contribution < -0.4 is 0 Å². The van der Waals surface area contributed by atoms with Crippen molar-refractivity contribution in [3.8, 4) is 0 Å². The Morgan fingerprint density at radius 2 is 2.07 bits per heavy atom. The fourth-order valence-electron chi connectivity index (χ4n) is 1.77. The van der Waals surface area contributed by atoms with Gasteiger partial charge in [-0.25, -0.2) is 0 Å². The Balaban J connectivity index is 1.88. The molecule has 1 fully saturated rings. The predicted molar refractivity (Wildman–Crippen MR) is 62.5 cm³/mol. The second-order valence-corrected chi connectivity index (χ2v) is 5.20. The van der Waals surface area contributed by atoms with Crippen molar-refractivity contribution in [2.24, 2.45) is 0 Å². The number of carbonyl (C=O) groups is 1. The smallest absolute Gasteiger partial charge is 0.160 e. The van der Waals surface area contributed by atoms with Crippen molar-refractivity contribution in [3.05, 3.63) is 21.9 Å². The van der Waals surface area contributed by atoms with Crippen molar-refractivity contribution in [1.82, 2.24) is 9.80 Å². The average molecular weight is 224 g/mol. The highest BCUT2D eigenvalue weighted by atomic mass is 32.1. The minimum absolute atomic E-state index is 0.833. The van der Waals surface area contributed by atoms with Gasteiger partial charge in [0.2, 0.25) is 0 Å². The Morgan fingerprint density at radius 3 is 2.67 bits per heavy atom. The molecule has 0 spiro atoms. The highest BCUT2D eigenvalue weighted by Gasteiger charge is 2.14. The van der Waals surface area contributed by atoms with Crippen LogP contribution in [0.5, 0.6) is 0 Å². The summed E-state index contributed by atoms with van der Waals surface area (Å²) in [6, 6.07) is 3.97. The van der Waals surface area contributed by atoms with Crippen molar-refractivity contribution in [3.63, 3.8) is 0 Å². The zero-order valence-corrected chi connectivity index (χ0v) is 9.80. The second kappa shape index (κ2) is 4.88. The molecular formula is C11H16N2OS. The lowest BCUT2D eigenvalue weighted by Gasteiger charge is -2.31. The number of aldehydes is 1. The van der Waals surface area contributed by atoms with Gasteiger partial charge in [-0.1, -0.05) is 0 Å². The number of thiophene rings is 1. The molecule has 0 bridgehead atoms. The molecule has 1 aromatic heterocycles. The topological polar surface area (TPSA) is 23.6 Å². The van der Waals surface area contributed by atoms with Crippen molar-refractivity contribution in [2.45, 2.75) is 6.54 Å². The molecule has 0 atom stereocenters. The third-order valence-corrected chi connectivity index (χ3v) is 3.77. The summed E-state index contributed by atoms with van der Waals surface area (Å²) < 4.78 is 0. The van der Waals surface area contributed by atoms with E-state index in [0.717, 1.165) is 43.9 Å². The first kappa shape index (κ1) is 10.8. The molecule has 1 aliphatic heterocycles. The number of likely N-dealkylation sites (N-methyl/N-ethyl adjacent to an activating group) is 1. The first-order valence-electron chi connectivity index (χ1n) is 5.23. The Morgan fingerprint density at radius 1 is 1.33 bits per heavy atom. The van der Waals surface area contributed by atoms with E-state index < -0.39 is 0 Å². The SMILES string of the molecule is CN1CCN(Cc2ccc(C=O)s2)CC1. The lowest BCUT2D eigenvalue weighted by Crippen LogP contribution is -2.43. The summed E-state index contributed by atoms with van der Waals surface area (Å²) in [6.07, 6.45) is 0.929. The molecule has 0 unspecified atom stereocenters. The van der Waals surface area contributed by atoms with E-state index in [2.05, 4.69) is 22.9 Å². The van der Waals surface area contributed by atoms with Gasteiger partial charge in [-0.2, -0.15) is 0 Å². The van der Waals surface area contributed by atoms with Crippen LogP contribution in [0.3, 0.4) is 0 Å². The highest BCUT2D eigenvalue weighted by Crippen LogP contribution is 2.17. The minimum Gasteiger partial charge on any atom is -0.304 e. The van der Waals surface area contributed by atoms with Crippen molar-refractivity contribution >= 4 is 17.6 Å². The largest absolute Gasteiger partial charge is 0.304 e. The van der Waals surface area contributed by atoms with Gasteiger partial charge in [-0.15, -0.1) is 11.3 Å².